The zero-order chi connectivity index (χ0) is 14.9. The first kappa shape index (κ1) is 15.4. The van der Waals surface area contributed by atoms with Crippen molar-refractivity contribution in [3.8, 4) is 0 Å². The number of nitrogens with zero attached hydrogens (tertiary/aromatic N) is 2. The van der Waals surface area contributed by atoms with Gasteiger partial charge in [0, 0.05) is 31.2 Å². The van der Waals surface area contributed by atoms with E-state index in [1.165, 1.54) is 6.07 Å². The predicted octanol–water partition coefficient (Wildman–Crippen LogP) is 1.84. The summed E-state index contributed by atoms with van der Waals surface area (Å²) in [5.41, 5.74) is 7.38. The summed E-state index contributed by atoms with van der Waals surface area (Å²) in [7, 11) is 4.21. The number of hydrogen-bond acceptors (Lipinski definition) is 3. The second-order valence-electron chi connectivity index (χ2n) is 5.87. The molecule has 1 aromatic carbocycles. The molecule has 0 aliphatic carbocycles. The van der Waals surface area contributed by atoms with Gasteiger partial charge in [-0.25, -0.2) is 4.39 Å². The Labute approximate surface area is 125 Å². The molecule has 2 rings (SSSR count). The smallest absolute Gasteiger partial charge is 0.123 e. The van der Waals surface area contributed by atoms with Gasteiger partial charge in [-0.2, -0.15) is 0 Å². The summed E-state index contributed by atoms with van der Waals surface area (Å²) >= 11 is 5.05. The number of likely N-dealkylation sites (N-methyl/N-ethyl adjacent to an activating group) is 1. The SMILES string of the molecule is CC1CN(Cc2cc(F)ccc2C(N)=S)CC1N(C)C. The lowest BCUT2D eigenvalue weighted by atomic mass is 10.1. The normalized spacial score (nSPS) is 23.4. The largest absolute Gasteiger partial charge is 0.389 e. The molecule has 1 heterocycles. The third-order valence-electron chi connectivity index (χ3n) is 4.04. The molecule has 5 heteroatoms. The molecule has 1 aromatic rings. The standard InChI is InChI=1S/C15H22FN3S/c1-10-7-19(9-14(10)18(2)3)8-11-6-12(16)4-5-13(11)15(17)20/h4-6,10,14H,7-9H2,1-3H3,(H2,17,20). The summed E-state index contributed by atoms with van der Waals surface area (Å²) in [6.45, 7) is 4.95. The minimum absolute atomic E-state index is 0.239. The second-order valence-corrected chi connectivity index (χ2v) is 6.31. The molecule has 3 nitrogen and oxygen atoms in total. The molecule has 2 atom stereocenters. The lowest BCUT2D eigenvalue weighted by Crippen LogP contribution is -2.34. The fraction of sp³-hybridized carbons (Fsp3) is 0.533. The van der Waals surface area contributed by atoms with E-state index in [9.17, 15) is 4.39 Å². The van der Waals surface area contributed by atoms with Crippen molar-refractivity contribution in [1.82, 2.24) is 9.80 Å². The number of nitrogens with two attached hydrogens (primary N) is 1. The minimum Gasteiger partial charge on any atom is -0.389 e. The van der Waals surface area contributed by atoms with Crippen LogP contribution < -0.4 is 5.73 Å². The Balaban J connectivity index is 2.15. The first-order chi connectivity index (χ1) is 9.38. The highest BCUT2D eigenvalue weighted by molar-refractivity contribution is 7.80. The van der Waals surface area contributed by atoms with E-state index in [0.29, 0.717) is 23.5 Å². The maximum absolute atomic E-state index is 13.5. The second kappa shape index (κ2) is 6.16. The molecule has 1 aliphatic rings. The molecule has 0 bridgehead atoms. The van der Waals surface area contributed by atoms with E-state index in [4.69, 9.17) is 18.0 Å². The lowest BCUT2D eigenvalue weighted by molar-refractivity contribution is 0.250. The molecule has 1 aliphatic heterocycles. The van der Waals surface area contributed by atoms with Crippen LogP contribution in [0.2, 0.25) is 0 Å². The van der Waals surface area contributed by atoms with Crippen molar-refractivity contribution in [1.29, 1.82) is 0 Å². The summed E-state index contributed by atoms with van der Waals surface area (Å²) in [5, 5.41) is 0. The zero-order valence-corrected chi connectivity index (χ0v) is 13.1. The van der Waals surface area contributed by atoms with Gasteiger partial charge in [0.1, 0.15) is 10.8 Å². The number of rotatable bonds is 4. The molecule has 1 fully saturated rings. The van der Waals surface area contributed by atoms with Crippen LogP contribution in [0.25, 0.3) is 0 Å². The molecule has 0 spiro atoms. The van der Waals surface area contributed by atoms with E-state index < -0.39 is 0 Å². The molecule has 2 unspecified atom stereocenters. The third kappa shape index (κ3) is 3.34. The monoisotopic (exact) mass is 295 g/mol. The molecule has 1 saturated heterocycles. The Hall–Kier alpha value is -1.04. The van der Waals surface area contributed by atoms with Crippen molar-refractivity contribution in [3.05, 3.63) is 35.1 Å². The van der Waals surface area contributed by atoms with Crippen molar-refractivity contribution >= 4 is 17.2 Å². The first-order valence-corrected chi connectivity index (χ1v) is 7.26. The Morgan fingerprint density at radius 2 is 2.15 bits per heavy atom. The lowest BCUT2D eigenvalue weighted by Gasteiger charge is -2.23. The molecular formula is C15H22FN3S. The number of likely N-dealkylation sites (tertiary alicyclic amines) is 1. The summed E-state index contributed by atoms with van der Waals surface area (Å²) in [6.07, 6.45) is 0. The maximum Gasteiger partial charge on any atom is 0.123 e. The van der Waals surface area contributed by atoms with Gasteiger partial charge in [-0.15, -0.1) is 0 Å². The maximum atomic E-state index is 13.5. The number of thiocarbonyl (C=S) groups is 1. The van der Waals surface area contributed by atoms with Crippen LogP contribution >= 0.6 is 12.2 Å². The number of benzene rings is 1. The van der Waals surface area contributed by atoms with Crippen molar-refractivity contribution in [2.75, 3.05) is 27.2 Å². The molecule has 2 N–H and O–H groups in total. The molecule has 20 heavy (non-hydrogen) atoms. The van der Waals surface area contributed by atoms with Gasteiger partial charge in [-0.1, -0.05) is 19.1 Å². The van der Waals surface area contributed by atoms with Crippen LogP contribution in [0.3, 0.4) is 0 Å². The fourth-order valence-electron chi connectivity index (χ4n) is 3.02. The quantitative estimate of drug-likeness (QED) is 0.859. The van der Waals surface area contributed by atoms with Crippen LogP contribution in [-0.4, -0.2) is 48.0 Å². The van der Waals surface area contributed by atoms with E-state index in [-0.39, 0.29) is 5.82 Å². The number of hydrogen-bond donors (Lipinski definition) is 1. The van der Waals surface area contributed by atoms with Crippen LogP contribution in [-0.2, 0) is 6.54 Å². The third-order valence-corrected chi connectivity index (χ3v) is 4.26. The van der Waals surface area contributed by atoms with Crippen LogP contribution in [0.15, 0.2) is 18.2 Å². The van der Waals surface area contributed by atoms with Crippen molar-refractivity contribution < 1.29 is 4.39 Å². The van der Waals surface area contributed by atoms with Gasteiger partial charge in [0.05, 0.1) is 0 Å². The van der Waals surface area contributed by atoms with Crippen molar-refractivity contribution in [2.24, 2.45) is 11.7 Å². The van der Waals surface area contributed by atoms with Gasteiger partial charge in [-0.05, 0) is 43.8 Å². The van der Waals surface area contributed by atoms with E-state index in [1.54, 1.807) is 12.1 Å². The van der Waals surface area contributed by atoms with E-state index in [1.807, 2.05) is 0 Å². The molecule has 0 amide bonds. The summed E-state index contributed by atoms with van der Waals surface area (Å²) in [5.74, 6) is 0.364. The first-order valence-electron chi connectivity index (χ1n) is 6.85. The Kier molecular flexibility index (Phi) is 4.73. The molecule has 0 radical (unpaired) electrons. The highest BCUT2D eigenvalue weighted by Gasteiger charge is 2.31. The molecular weight excluding hydrogens is 273 g/mol. The Morgan fingerprint density at radius 1 is 1.45 bits per heavy atom. The zero-order valence-electron chi connectivity index (χ0n) is 12.3. The molecule has 110 valence electrons. The van der Waals surface area contributed by atoms with Gasteiger partial charge < -0.3 is 10.6 Å². The predicted molar refractivity (Wildman–Crippen MR) is 84.2 cm³/mol. The topological polar surface area (TPSA) is 32.5 Å². The Bertz CT molecular complexity index is 504. The highest BCUT2D eigenvalue weighted by atomic mass is 32.1. The molecule has 0 saturated carbocycles. The number of halogens is 1. The van der Waals surface area contributed by atoms with E-state index in [2.05, 4.69) is 30.8 Å². The van der Waals surface area contributed by atoms with Gasteiger partial charge in [0.15, 0.2) is 0 Å². The van der Waals surface area contributed by atoms with Gasteiger partial charge in [-0.3, -0.25) is 4.90 Å². The van der Waals surface area contributed by atoms with Crippen LogP contribution in [0.1, 0.15) is 18.1 Å². The van der Waals surface area contributed by atoms with E-state index >= 15 is 0 Å². The minimum atomic E-state index is -0.239. The van der Waals surface area contributed by atoms with Crippen LogP contribution in [0, 0.1) is 11.7 Å². The average Bonchev–Trinajstić information content (AvgIpc) is 2.70. The fourth-order valence-corrected chi connectivity index (χ4v) is 3.22. The van der Waals surface area contributed by atoms with Gasteiger partial charge in [0.2, 0.25) is 0 Å². The van der Waals surface area contributed by atoms with Gasteiger partial charge >= 0.3 is 0 Å². The molecule has 0 aromatic heterocycles. The van der Waals surface area contributed by atoms with E-state index in [0.717, 1.165) is 24.2 Å². The summed E-state index contributed by atoms with van der Waals surface area (Å²) in [4.78, 5) is 4.92. The van der Waals surface area contributed by atoms with Crippen molar-refractivity contribution in [2.45, 2.75) is 19.5 Å². The van der Waals surface area contributed by atoms with Crippen LogP contribution in [0.5, 0.6) is 0 Å². The Morgan fingerprint density at radius 3 is 2.70 bits per heavy atom. The van der Waals surface area contributed by atoms with Crippen molar-refractivity contribution in [3.63, 3.8) is 0 Å². The average molecular weight is 295 g/mol. The summed E-state index contributed by atoms with van der Waals surface area (Å²) in [6, 6.07) is 5.17. The van der Waals surface area contributed by atoms with Crippen LogP contribution in [0.4, 0.5) is 4.39 Å². The van der Waals surface area contributed by atoms with Gasteiger partial charge in [0.25, 0.3) is 0 Å². The highest BCUT2D eigenvalue weighted by Crippen LogP contribution is 2.23. The summed E-state index contributed by atoms with van der Waals surface area (Å²) < 4.78 is 13.5.